The molecule has 3 rings (SSSR count). The maximum absolute atomic E-state index is 13.4. The maximum Gasteiger partial charge on any atom is 0.275 e. The van der Waals surface area contributed by atoms with Crippen LogP contribution in [0.3, 0.4) is 0 Å². The Balaban J connectivity index is 2.36. The Bertz CT molecular complexity index is 1250. The van der Waals surface area contributed by atoms with Crippen molar-refractivity contribution in [2.75, 3.05) is 0 Å². The van der Waals surface area contributed by atoms with E-state index in [9.17, 15) is 9.59 Å². The zero-order chi connectivity index (χ0) is 21.4. The van der Waals surface area contributed by atoms with Gasteiger partial charge in [-0.1, -0.05) is 51.1 Å². The molecule has 6 nitrogen and oxygen atoms in total. The van der Waals surface area contributed by atoms with E-state index < -0.39 is 5.54 Å². The number of H-pyrrole nitrogens is 2. The second kappa shape index (κ2) is 7.35. The molecule has 6 heteroatoms. The summed E-state index contributed by atoms with van der Waals surface area (Å²) in [5.41, 5.74) is 1.07. The highest BCUT2D eigenvalue weighted by Crippen LogP contribution is 2.22. The van der Waals surface area contributed by atoms with Gasteiger partial charge >= 0.3 is 0 Å². The zero-order valence-corrected chi connectivity index (χ0v) is 17.8. The summed E-state index contributed by atoms with van der Waals surface area (Å²) in [5.74, 6) is 0. The minimum atomic E-state index is -0.576. The number of benzene rings is 1. The van der Waals surface area contributed by atoms with Crippen LogP contribution < -0.4 is 21.8 Å². The molecule has 0 radical (unpaired) electrons. The Morgan fingerprint density at radius 3 is 2.21 bits per heavy atom. The second-order valence-corrected chi connectivity index (χ2v) is 9.18. The van der Waals surface area contributed by atoms with Crippen molar-refractivity contribution < 1.29 is 0 Å². The molecule has 152 valence electrons. The van der Waals surface area contributed by atoms with Crippen molar-refractivity contribution in [3.05, 3.63) is 85.0 Å². The third-order valence-electron chi connectivity index (χ3n) is 4.63. The van der Waals surface area contributed by atoms with Gasteiger partial charge in [0.1, 0.15) is 10.7 Å². The van der Waals surface area contributed by atoms with Crippen molar-refractivity contribution in [2.45, 2.75) is 52.5 Å². The summed E-state index contributed by atoms with van der Waals surface area (Å²) in [6.45, 7) is 11.9. The maximum atomic E-state index is 13.4. The van der Waals surface area contributed by atoms with Crippen LogP contribution in [0.25, 0.3) is 12.2 Å². The summed E-state index contributed by atoms with van der Waals surface area (Å²) in [6, 6.07) is 9.50. The SMILES string of the molecule is CC(C)(C)c1[nH]cnc1/C=c1\[nH]c(=O)/c(=C/c2ccccc2)n(C(C)(C)C)c1=O. The molecule has 29 heavy (non-hydrogen) atoms. The van der Waals surface area contributed by atoms with Gasteiger partial charge in [0.15, 0.2) is 0 Å². The highest BCUT2D eigenvalue weighted by Gasteiger charge is 2.21. The molecule has 0 aliphatic rings. The average molecular weight is 393 g/mol. The Kier molecular flexibility index (Phi) is 5.22. The van der Waals surface area contributed by atoms with E-state index in [0.717, 1.165) is 11.3 Å². The van der Waals surface area contributed by atoms with Crippen LogP contribution in [0.5, 0.6) is 0 Å². The van der Waals surface area contributed by atoms with Gasteiger partial charge < -0.3 is 9.97 Å². The molecular formula is C23H28N4O2. The molecule has 0 saturated heterocycles. The standard InChI is InChI=1S/C23H28N4O2/c1-22(2,3)19-16(24-14-25-19)13-17-21(29)27(23(4,5)6)18(20(28)26-17)12-15-10-8-7-9-11-15/h7-14H,1-6H3,(H,24,25)(H,26,28)/b17-13-,18-12-. The van der Waals surface area contributed by atoms with Gasteiger partial charge in [-0.25, -0.2) is 4.98 Å². The number of imidazole rings is 1. The molecule has 0 bridgehead atoms. The molecule has 2 N–H and O–H groups in total. The average Bonchev–Trinajstić information content (AvgIpc) is 3.08. The molecule has 1 aromatic carbocycles. The van der Waals surface area contributed by atoms with Gasteiger partial charge in [0.2, 0.25) is 0 Å². The third kappa shape index (κ3) is 4.31. The van der Waals surface area contributed by atoms with Crippen molar-refractivity contribution in [2.24, 2.45) is 0 Å². The van der Waals surface area contributed by atoms with Crippen LogP contribution in [-0.2, 0) is 11.0 Å². The normalized spacial score (nSPS) is 13.9. The number of hydrogen-bond acceptors (Lipinski definition) is 3. The quantitative estimate of drug-likeness (QED) is 0.699. The van der Waals surface area contributed by atoms with Gasteiger partial charge in [-0.2, -0.15) is 0 Å². The second-order valence-electron chi connectivity index (χ2n) is 9.18. The molecule has 0 spiro atoms. The predicted octanol–water partition coefficient (Wildman–Crippen LogP) is 1.97. The molecule has 2 heterocycles. The number of nitrogens with zero attached hydrogens (tertiary/aromatic N) is 2. The minimum Gasteiger partial charge on any atom is -0.348 e. The van der Waals surface area contributed by atoms with E-state index in [1.807, 2.05) is 51.1 Å². The van der Waals surface area contributed by atoms with Crippen LogP contribution in [0.1, 0.15) is 58.5 Å². The monoisotopic (exact) mass is 392 g/mol. The molecule has 0 saturated carbocycles. The van der Waals surface area contributed by atoms with Crippen LogP contribution in [-0.4, -0.2) is 19.5 Å². The molecular weight excluding hydrogens is 364 g/mol. The van der Waals surface area contributed by atoms with E-state index in [0.29, 0.717) is 11.0 Å². The van der Waals surface area contributed by atoms with Crippen molar-refractivity contribution in [1.82, 2.24) is 19.5 Å². The van der Waals surface area contributed by atoms with Crippen molar-refractivity contribution >= 4 is 12.2 Å². The Hall–Kier alpha value is -3.15. The highest BCUT2D eigenvalue weighted by molar-refractivity contribution is 5.49. The summed E-state index contributed by atoms with van der Waals surface area (Å²) in [5, 5.41) is 0.539. The Morgan fingerprint density at radius 1 is 0.966 bits per heavy atom. The lowest BCUT2D eigenvalue weighted by molar-refractivity contribution is 0.369. The van der Waals surface area contributed by atoms with Crippen molar-refractivity contribution in [3.8, 4) is 0 Å². The van der Waals surface area contributed by atoms with Gasteiger partial charge in [-0.3, -0.25) is 14.2 Å². The van der Waals surface area contributed by atoms with Crippen LogP contribution in [0.2, 0.25) is 0 Å². The van der Waals surface area contributed by atoms with E-state index >= 15 is 0 Å². The molecule has 0 aliphatic heterocycles. The minimum absolute atomic E-state index is 0.174. The Labute approximate surface area is 169 Å². The molecule has 0 fully saturated rings. The lowest BCUT2D eigenvalue weighted by Gasteiger charge is -2.23. The number of aromatic amines is 2. The summed E-state index contributed by atoms with van der Waals surface area (Å²) in [7, 11) is 0. The lowest BCUT2D eigenvalue weighted by atomic mass is 9.90. The number of hydrogen-bond donors (Lipinski definition) is 2. The van der Waals surface area contributed by atoms with Crippen molar-refractivity contribution in [1.29, 1.82) is 0 Å². The zero-order valence-electron chi connectivity index (χ0n) is 17.8. The van der Waals surface area contributed by atoms with Crippen molar-refractivity contribution in [3.63, 3.8) is 0 Å². The van der Waals surface area contributed by atoms with Gasteiger partial charge in [0.05, 0.1) is 12.0 Å². The fraction of sp³-hybridized carbons (Fsp3) is 0.348. The van der Waals surface area contributed by atoms with Gasteiger partial charge in [0.25, 0.3) is 11.1 Å². The van der Waals surface area contributed by atoms with Gasteiger partial charge in [-0.05, 0) is 38.5 Å². The summed E-state index contributed by atoms with van der Waals surface area (Å²) in [4.78, 5) is 36.6. The predicted molar refractivity (Wildman–Crippen MR) is 116 cm³/mol. The first-order valence-corrected chi connectivity index (χ1v) is 9.66. The van der Waals surface area contributed by atoms with E-state index in [2.05, 4.69) is 35.7 Å². The molecule has 0 amide bonds. The Morgan fingerprint density at radius 2 is 1.62 bits per heavy atom. The van der Waals surface area contributed by atoms with E-state index in [1.54, 1.807) is 23.0 Å². The van der Waals surface area contributed by atoms with Crippen LogP contribution in [0.4, 0.5) is 0 Å². The summed E-state index contributed by atoms with van der Waals surface area (Å²) < 4.78 is 1.55. The van der Waals surface area contributed by atoms with Gasteiger partial charge in [-0.15, -0.1) is 0 Å². The number of rotatable bonds is 2. The summed E-state index contributed by atoms with van der Waals surface area (Å²) >= 11 is 0. The lowest BCUT2D eigenvalue weighted by Crippen LogP contribution is -2.58. The molecule has 0 atom stereocenters. The highest BCUT2D eigenvalue weighted by atomic mass is 16.1. The van der Waals surface area contributed by atoms with E-state index in [1.165, 1.54) is 0 Å². The van der Waals surface area contributed by atoms with E-state index in [4.69, 9.17) is 0 Å². The number of nitrogens with one attached hydrogen (secondary N) is 2. The molecule has 3 aromatic rings. The largest absolute Gasteiger partial charge is 0.348 e. The first-order valence-electron chi connectivity index (χ1n) is 9.66. The summed E-state index contributed by atoms with van der Waals surface area (Å²) in [6.07, 6.45) is 4.99. The van der Waals surface area contributed by atoms with Crippen LogP contribution in [0, 0.1) is 0 Å². The van der Waals surface area contributed by atoms with Crippen LogP contribution in [0.15, 0.2) is 46.2 Å². The smallest absolute Gasteiger partial charge is 0.275 e. The topological polar surface area (TPSA) is 83.5 Å². The molecule has 0 unspecified atom stereocenters. The van der Waals surface area contributed by atoms with Crippen LogP contribution >= 0.6 is 0 Å². The fourth-order valence-corrected chi connectivity index (χ4v) is 3.32. The third-order valence-corrected chi connectivity index (χ3v) is 4.63. The van der Waals surface area contributed by atoms with Gasteiger partial charge in [0, 0.05) is 16.6 Å². The van der Waals surface area contributed by atoms with E-state index in [-0.39, 0.29) is 21.9 Å². The molecule has 2 aromatic heterocycles. The fourth-order valence-electron chi connectivity index (χ4n) is 3.32. The number of aromatic nitrogens is 4. The molecule has 0 aliphatic carbocycles. The first-order chi connectivity index (χ1) is 13.5. The first kappa shape index (κ1) is 20.6.